The lowest BCUT2D eigenvalue weighted by atomic mass is 10.0. The van der Waals surface area contributed by atoms with E-state index in [0.29, 0.717) is 27.6 Å². The van der Waals surface area contributed by atoms with E-state index >= 15 is 0 Å². The van der Waals surface area contributed by atoms with E-state index in [4.69, 9.17) is 4.74 Å². The highest BCUT2D eigenvalue weighted by atomic mass is 79.9. The smallest absolute Gasteiger partial charge is 0.238 e. The fraction of sp³-hybridized carbons (Fsp3) is 0.308. The molecule has 3 aromatic rings. The summed E-state index contributed by atoms with van der Waals surface area (Å²) in [6, 6.07) is 16.1. The molecule has 0 radical (unpaired) electrons. The van der Waals surface area contributed by atoms with Crippen LogP contribution in [-0.2, 0) is 6.54 Å². The number of benzene rings is 2. The van der Waals surface area contributed by atoms with Crippen molar-refractivity contribution in [2.75, 3.05) is 18.4 Å². The summed E-state index contributed by atoms with van der Waals surface area (Å²) in [5, 5.41) is 21.9. The Morgan fingerprint density at radius 2 is 1.82 bits per heavy atom. The van der Waals surface area contributed by atoms with Crippen molar-refractivity contribution in [3.8, 4) is 23.8 Å². The van der Waals surface area contributed by atoms with Crippen LogP contribution in [0.25, 0.3) is 0 Å². The highest BCUT2D eigenvalue weighted by molar-refractivity contribution is 9.10. The maximum Gasteiger partial charge on any atom is 0.238 e. The Bertz CT molecular complexity index is 1250. The summed E-state index contributed by atoms with van der Waals surface area (Å²) < 4.78 is 6.78. The molecule has 0 atom stereocenters. The number of nitriles is 2. The first-order valence-corrected chi connectivity index (χ1v) is 11.9. The third-order valence-electron chi connectivity index (χ3n) is 5.95. The molecule has 1 aromatic heterocycles. The van der Waals surface area contributed by atoms with Crippen LogP contribution in [-0.4, -0.2) is 34.0 Å². The Labute approximate surface area is 208 Å². The van der Waals surface area contributed by atoms with Gasteiger partial charge < -0.3 is 10.1 Å². The first-order chi connectivity index (χ1) is 16.5. The number of anilines is 1. The van der Waals surface area contributed by atoms with Crippen LogP contribution in [0.5, 0.6) is 11.6 Å². The molecule has 0 amide bonds. The van der Waals surface area contributed by atoms with Gasteiger partial charge in [0.15, 0.2) is 0 Å². The maximum atomic E-state index is 9.32. The molecular weight excluding hydrogens is 492 g/mol. The number of nitrogens with zero attached hydrogens (tertiary/aromatic N) is 5. The van der Waals surface area contributed by atoms with Crippen LogP contribution in [0.2, 0.25) is 0 Å². The normalized spacial score (nSPS) is 14.3. The van der Waals surface area contributed by atoms with Crippen molar-refractivity contribution in [2.45, 2.75) is 39.3 Å². The number of hydrogen-bond donors (Lipinski definition) is 1. The molecule has 34 heavy (non-hydrogen) atoms. The van der Waals surface area contributed by atoms with Crippen molar-refractivity contribution < 1.29 is 4.74 Å². The monoisotopic (exact) mass is 516 g/mol. The zero-order chi connectivity index (χ0) is 24.1. The third kappa shape index (κ3) is 5.53. The molecule has 1 fully saturated rings. The number of rotatable bonds is 6. The second-order valence-electron chi connectivity index (χ2n) is 8.46. The maximum absolute atomic E-state index is 9.32. The summed E-state index contributed by atoms with van der Waals surface area (Å²) in [6.07, 6.45) is 3.60. The second-order valence-corrected chi connectivity index (χ2v) is 9.32. The van der Waals surface area contributed by atoms with Crippen molar-refractivity contribution in [3.63, 3.8) is 0 Å². The minimum Gasteiger partial charge on any atom is -0.437 e. The van der Waals surface area contributed by atoms with E-state index < -0.39 is 0 Å². The number of aryl methyl sites for hydroxylation is 2. The van der Waals surface area contributed by atoms with Gasteiger partial charge in [0.1, 0.15) is 5.75 Å². The number of piperidine rings is 1. The van der Waals surface area contributed by atoms with Crippen molar-refractivity contribution in [1.82, 2.24) is 14.9 Å². The summed E-state index contributed by atoms with van der Waals surface area (Å²) in [4.78, 5) is 11.4. The summed E-state index contributed by atoms with van der Waals surface area (Å²) in [5.74, 6) is 1.64. The van der Waals surface area contributed by atoms with E-state index in [1.54, 1.807) is 18.3 Å². The van der Waals surface area contributed by atoms with Crippen LogP contribution in [0.1, 0.15) is 40.7 Å². The molecule has 0 saturated carbocycles. The van der Waals surface area contributed by atoms with Gasteiger partial charge in [0.05, 0.1) is 33.9 Å². The molecule has 2 aromatic carbocycles. The molecule has 1 saturated heterocycles. The zero-order valence-electron chi connectivity index (χ0n) is 19.2. The highest BCUT2D eigenvalue weighted by Crippen LogP contribution is 2.33. The standard InChI is InChI=1S/C26H25BrN6O/c1-17-11-19(13-28)12-18(2)24(17)34-25-23(27)15-30-26(32-25)31-22-7-9-33(10-8-22)16-21-6-4-3-5-20(21)14-29/h3-6,11-12,15,22H,7-10,16H2,1-2H3,(H,30,31,32). The fourth-order valence-corrected chi connectivity index (χ4v) is 4.46. The molecule has 1 N–H and O–H groups in total. The number of halogens is 1. The molecule has 2 heterocycles. The molecule has 0 aliphatic carbocycles. The minimum absolute atomic E-state index is 0.259. The van der Waals surface area contributed by atoms with E-state index in [0.717, 1.165) is 54.7 Å². The Kier molecular flexibility index (Phi) is 7.42. The number of ether oxygens (including phenoxy) is 1. The topological polar surface area (TPSA) is 97.9 Å². The number of likely N-dealkylation sites (tertiary alicyclic amines) is 1. The van der Waals surface area contributed by atoms with Gasteiger partial charge in [-0.3, -0.25) is 4.90 Å². The lowest BCUT2D eigenvalue weighted by Crippen LogP contribution is -2.39. The first-order valence-electron chi connectivity index (χ1n) is 11.2. The largest absolute Gasteiger partial charge is 0.437 e. The Balaban J connectivity index is 1.39. The molecule has 4 rings (SSSR count). The van der Waals surface area contributed by atoms with E-state index in [1.807, 2.05) is 38.1 Å². The third-order valence-corrected chi connectivity index (χ3v) is 6.50. The summed E-state index contributed by atoms with van der Waals surface area (Å²) in [7, 11) is 0. The van der Waals surface area contributed by atoms with E-state index in [2.05, 4.69) is 48.3 Å². The predicted octanol–water partition coefficient (Wildman–Crippen LogP) is 5.47. The van der Waals surface area contributed by atoms with Crippen molar-refractivity contribution in [3.05, 3.63) is 74.9 Å². The highest BCUT2D eigenvalue weighted by Gasteiger charge is 2.21. The van der Waals surface area contributed by atoms with Gasteiger partial charge in [0, 0.05) is 25.7 Å². The van der Waals surface area contributed by atoms with Gasteiger partial charge >= 0.3 is 0 Å². The summed E-state index contributed by atoms with van der Waals surface area (Å²) in [5.41, 5.74) is 4.17. The lowest BCUT2D eigenvalue weighted by molar-refractivity contribution is 0.211. The van der Waals surface area contributed by atoms with Gasteiger partial charge in [0.25, 0.3) is 0 Å². The van der Waals surface area contributed by atoms with Crippen LogP contribution in [0, 0.1) is 36.5 Å². The Hall–Kier alpha value is -3.46. The van der Waals surface area contributed by atoms with E-state index in [-0.39, 0.29) is 6.04 Å². The van der Waals surface area contributed by atoms with Gasteiger partial charge in [0.2, 0.25) is 11.8 Å². The minimum atomic E-state index is 0.259. The molecule has 7 nitrogen and oxygen atoms in total. The zero-order valence-corrected chi connectivity index (χ0v) is 20.8. The number of nitrogens with one attached hydrogen (secondary N) is 1. The van der Waals surface area contributed by atoms with Crippen LogP contribution in [0.15, 0.2) is 47.1 Å². The lowest BCUT2D eigenvalue weighted by Gasteiger charge is -2.32. The van der Waals surface area contributed by atoms with Gasteiger partial charge in [-0.05, 0) is 77.5 Å². The van der Waals surface area contributed by atoms with Gasteiger partial charge in [-0.25, -0.2) is 4.98 Å². The van der Waals surface area contributed by atoms with Crippen LogP contribution >= 0.6 is 15.9 Å². The Morgan fingerprint density at radius 3 is 2.50 bits per heavy atom. The predicted molar refractivity (Wildman–Crippen MR) is 134 cm³/mol. The molecular formula is C26H25BrN6O. The molecule has 0 bridgehead atoms. The summed E-state index contributed by atoms with van der Waals surface area (Å²) >= 11 is 3.48. The van der Waals surface area contributed by atoms with Crippen molar-refractivity contribution in [1.29, 1.82) is 10.5 Å². The SMILES string of the molecule is Cc1cc(C#N)cc(C)c1Oc1nc(NC2CCN(Cc3ccccc3C#N)CC2)ncc1Br. The first kappa shape index (κ1) is 23.7. The number of aromatic nitrogens is 2. The van der Waals surface area contributed by atoms with Crippen molar-refractivity contribution >= 4 is 21.9 Å². The average molecular weight is 517 g/mol. The van der Waals surface area contributed by atoms with Crippen LogP contribution in [0.3, 0.4) is 0 Å². The van der Waals surface area contributed by atoms with E-state index in [1.165, 1.54) is 0 Å². The molecule has 1 aliphatic rings. The van der Waals surface area contributed by atoms with Crippen LogP contribution in [0.4, 0.5) is 5.95 Å². The Morgan fingerprint density at radius 1 is 1.12 bits per heavy atom. The van der Waals surface area contributed by atoms with Crippen molar-refractivity contribution in [2.24, 2.45) is 0 Å². The number of hydrogen-bond acceptors (Lipinski definition) is 7. The molecule has 0 spiro atoms. The second kappa shape index (κ2) is 10.6. The molecule has 8 heteroatoms. The van der Waals surface area contributed by atoms with E-state index in [9.17, 15) is 10.5 Å². The molecule has 172 valence electrons. The molecule has 0 unspecified atom stereocenters. The van der Waals surface area contributed by atoms with Gasteiger partial charge in [-0.15, -0.1) is 0 Å². The summed E-state index contributed by atoms with van der Waals surface area (Å²) in [6.45, 7) is 6.48. The average Bonchev–Trinajstić information content (AvgIpc) is 2.84. The van der Waals surface area contributed by atoms with Gasteiger partial charge in [-0.2, -0.15) is 15.5 Å². The quantitative estimate of drug-likeness (QED) is 0.463. The van der Waals surface area contributed by atoms with Crippen LogP contribution < -0.4 is 10.1 Å². The fourth-order valence-electron chi connectivity index (χ4n) is 4.19. The molecule has 1 aliphatic heterocycles. The van der Waals surface area contributed by atoms with Gasteiger partial charge in [-0.1, -0.05) is 18.2 Å².